The molecule has 2 saturated heterocycles. The lowest BCUT2D eigenvalue weighted by Crippen LogP contribution is -2.54. The zero-order chi connectivity index (χ0) is 41.3. The smallest absolute Gasteiger partial charge is 0.348 e. The van der Waals surface area contributed by atoms with Crippen molar-refractivity contribution in [2.75, 3.05) is 0 Å². The van der Waals surface area contributed by atoms with Gasteiger partial charge in [0.05, 0.1) is 23.0 Å². The van der Waals surface area contributed by atoms with Gasteiger partial charge in [0.25, 0.3) is 11.6 Å². The van der Waals surface area contributed by atoms with E-state index < -0.39 is 82.0 Å². The monoisotopic (exact) mass is 802 g/mol. The van der Waals surface area contributed by atoms with Crippen LogP contribution in [0.5, 0.6) is 0 Å². The van der Waals surface area contributed by atoms with Crippen molar-refractivity contribution in [2.45, 2.75) is 127 Å². The molecule has 0 unspecified atom stereocenters. The summed E-state index contributed by atoms with van der Waals surface area (Å²) in [5.74, 6) is -12.8. The van der Waals surface area contributed by atoms with Crippen LogP contribution in [0.15, 0.2) is 93.9 Å². The topological polar surface area (TPSA) is 222 Å². The van der Waals surface area contributed by atoms with E-state index in [1.807, 2.05) is 0 Å². The molecule has 4 heterocycles. The molecule has 0 aromatic heterocycles. The Morgan fingerprint density at radius 2 is 0.724 bits per heavy atom. The van der Waals surface area contributed by atoms with E-state index in [2.05, 4.69) is 0 Å². The first-order valence-corrected chi connectivity index (χ1v) is 19.4. The molecule has 3 aliphatic carbocycles. The lowest BCUT2D eigenvalue weighted by molar-refractivity contribution is -0.422. The van der Waals surface area contributed by atoms with Gasteiger partial charge in [0.2, 0.25) is 0 Å². The predicted octanol–water partition coefficient (Wildman–Crippen LogP) is 3.62. The van der Waals surface area contributed by atoms with E-state index in [1.54, 1.807) is 13.8 Å². The average Bonchev–Trinajstić information content (AvgIpc) is 3.15. The molecule has 0 aromatic rings. The summed E-state index contributed by atoms with van der Waals surface area (Å²) in [5, 5.41) is 26.0. The maximum atomic E-state index is 13.0. The van der Waals surface area contributed by atoms with Crippen LogP contribution in [0.25, 0.3) is 0 Å². The van der Waals surface area contributed by atoms with Gasteiger partial charge in [-0.05, 0) is 63.8 Å². The third kappa shape index (κ3) is 8.31. The number of carbonyl (C=O) groups is 6. The summed E-state index contributed by atoms with van der Waals surface area (Å²) in [6, 6.07) is 0. The fraction of sp³-hybridized carbons (Fsp3) is 0.476. The fourth-order valence-electron chi connectivity index (χ4n) is 7.73. The number of allylic oxidation sites excluding steroid dienone is 8. The molecule has 16 heteroatoms. The van der Waals surface area contributed by atoms with Gasteiger partial charge in [-0.2, -0.15) is 0 Å². The van der Waals surface area contributed by atoms with E-state index in [0.29, 0.717) is 36.8 Å². The van der Waals surface area contributed by atoms with Gasteiger partial charge < -0.3 is 48.1 Å². The van der Waals surface area contributed by atoms with Crippen molar-refractivity contribution in [1.29, 1.82) is 0 Å². The minimum Gasteiger partial charge on any atom is -0.574 e. The summed E-state index contributed by atoms with van der Waals surface area (Å²) in [6.07, 6.45) is 16.8. The van der Waals surface area contributed by atoms with Gasteiger partial charge in [-0.3, -0.25) is 0 Å². The van der Waals surface area contributed by atoms with Gasteiger partial charge in [0.1, 0.15) is 11.1 Å². The first-order valence-electron chi connectivity index (χ1n) is 19.4. The van der Waals surface area contributed by atoms with Crippen molar-refractivity contribution in [2.24, 2.45) is 0 Å². The van der Waals surface area contributed by atoms with Crippen LogP contribution in [-0.2, 0) is 66.7 Å². The van der Waals surface area contributed by atoms with Gasteiger partial charge in [-0.25, -0.2) is 28.8 Å². The number of hydrogen-bond donors (Lipinski definition) is 0. The minimum atomic E-state index is -1.68. The highest BCUT2D eigenvalue weighted by molar-refractivity contribution is 6.16. The highest BCUT2D eigenvalue weighted by Crippen LogP contribution is 2.46. The van der Waals surface area contributed by atoms with Crippen LogP contribution in [0.2, 0.25) is 0 Å². The van der Waals surface area contributed by atoms with Crippen molar-refractivity contribution in [3.8, 4) is 0 Å². The SMILES string of the molecule is CC(C=CC1=C([O-])OC2(CCC3(CC2)OC(=O)C(/C=C/C(C)=C/C=C2C(=O)OC4(CCCCC4)OC2=O)=C([O-])O3)OC1=O)=CC=C1C(=O)OC2(CCCCC2)OC1=O. The lowest BCUT2D eigenvalue weighted by Gasteiger charge is -2.53. The zero-order valence-electron chi connectivity index (χ0n) is 32.1. The van der Waals surface area contributed by atoms with Gasteiger partial charge >= 0.3 is 35.8 Å². The van der Waals surface area contributed by atoms with Crippen molar-refractivity contribution >= 4 is 35.8 Å². The standard InChI is InChI=1S/C42H44O16/c1-25(9-13-27-31(43)51-39(52-32(27)44)17-5-3-6-18-39)11-15-29-35(47)55-41(56-36(29)48)21-23-42(24-22-41)57-37(49)30(38(50)58-42)16-12-26(2)10-14-28-33(45)53-40(54-34(28)46)19-7-4-8-20-40/h9-16,47,49H,3-8,17-24H2,1-2H3/p-2/b15-11+,16-12?,25-9+,26-10?. The third-order valence-corrected chi connectivity index (χ3v) is 11.0. The lowest BCUT2D eigenvalue weighted by atomic mass is 9.87. The van der Waals surface area contributed by atoms with Crippen molar-refractivity contribution < 1.29 is 76.9 Å². The van der Waals surface area contributed by atoms with Gasteiger partial charge in [0.15, 0.2) is 11.6 Å². The Balaban J connectivity index is 0.940. The Bertz CT molecular complexity index is 1860. The van der Waals surface area contributed by atoms with Crippen LogP contribution in [0.3, 0.4) is 0 Å². The second kappa shape index (κ2) is 15.7. The summed E-state index contributed by atoms with van der Waals surface area (Å²) < 4.78 is 44.2. The Hall–Kier alpha value is -6.06. The second-order valence-electron chi connectivity index (χ2n) is 15.4. The first-order chi connectivity index (χ1) is 27.6. The number of rotatable bonds is 6. The summed E-state index contributed by atoms with van der Waals surface area (Å²) in [5.41, 5.74) is -0.465. The van der Waals surface area contributed by atoms with Crippen molar-refractivity contribution in [3.63, 3.8) is 0 Å². The number of hydrogen-bond acceptors (Lipinski definition) is 16. The van der Waals surface area contributed by atoms with Gasteiger partial charge in [-0.1, -0.05) is 48.3 Å². The fourth-order valence-corrected chi connectivity index (χ4v) is 7.73. The molecule has 0 N–H and O–H groups in total. The van der Waals surface area contributed by atoms with E-state index in [-0.39, 0.29) is 36.8 Å². The molecule has 16 nitrogen and oxygen atoms in total. The molecule has 0 amide bonds. The molecule has 58 heavy (non-hydrogen) atoms. The molecular formula is C42H42O16-2. The second-order valence-corrected chi connectivity index (χ2v) is 15.4. The quantitative estimate of drug-likeness (QED) is 0.123. The van der Waals surface area contributed by atoms with Crippen LogP contribution in [-0.4, -0.2) is 59.0 Å². The van der Waals surface area contributed by atoms with Crippen LogP contribution in [0, 0.1) is 0 Å². The summed E-state index contributed by atoms with van der Waals surface area (Å²) in [7, 11) is 0. The third-order valence-electron chi connectivity index (χ3n) is 11.0. The molecule has 0 bridgehead atoms. The highest BCUT2D eigenvalue weighted by Gasteiger charge is 2.50. The Labute approximate surface area is 333 Å². The number of ether oxygens (including phenoxy) is 8. The Kier molecular flexibility index (Phi) is 10.9. The molecule has 3 saturated carbocycles. The van der Waals surface area contributed by atoms with E-state index in [1.165, 1.54) is 48.6 Å². The normalized spacial score (nSPS) is 25.6. The molecule has 4 aliphatic heterocycles. The average molecular weight is 803 g/mol. The maximum Gasteiger partial charge on any atom is 0.348 e. The van der Waals surface area contributed by atoms with Crippen LogP contribution in [0.1, 0.15) is 104 Å². The van der Waals surface area contributed by atoms with Gasteiger partial charge in [-0.15, -0.1) is 0 Å². The molecule has 4 spiro atoms. The van der Waals surface area contributed by atoms with E-state index >= 15 is 0 Å². The predicted molar refractivity (Wildman–Crippen MR) is 190 cm³/mol. The van der Waals surface area contributed by atoms with Crippen molar-refractivity contribution in [3.05, 3.63) is 93.9 Å². The Morgan fingerprint density at radius 1 is 0.431 bits per heavy atom. The molecular weight excluding hydrogens is 760 g/mol. The van der Waals surface area contributed by atoms with E-state index in [0.717, 1.165) is 38.5 Å². The van der Waals surface area contributed by atoms with Crippen LogP contribution < -0.4 is 10.2 Å². The zero-order valence-corrected chi connectivity index (χ0v) is 32.1. The maximum absolute atomic E-state index is 13.0. The largest absolute Gasteiger partial charge is 0.574 e. The Morgan fingerprint density at radius 3 is 1.03 bits per heavy atom. The molecule has 308 valence electrons. The summed E-state index contributed by atoms with van der Waals surface area (Å²) >= 11 is 0. The minimum absolute atomic E-state index is 0.143. The molecule has 7 aliphatic rings. The molecule has 5 fully saturated rings. The summed E-state index contributed by atoms with van der Waals surface area (Å²) in [4.78, 5) is 76.4. The van der Waals surface area contributed by atoms with Crippen LogP contribution >= 0.6 is 0 Å². The number of carbonyl (C=O) groups excluding carboxylic acids is 6. The van der Waals surface area contributed by atoms with E-state index in [9.17, 15) is 39.0 Å². The van der Waals surface area contributed by atoms with E-state index in [4.69, 9.17) is 37.9 Å². The highest BCUT2D eigenvalue weighted by atomic mass is 16.8. The molecule has 0 radical (unpaired) electrons. The number of esters is 6. The van der Waals surface area contributed by atoms with Crippen molar-refractivity contribution in [1.82, 2.24) is 0 Å². The molecule has 7 rings (SSSR count). The summed E-state index contributed by atoms with van der Waals surface area (Å²) in [6.45, 7) is 3.22. The van der Waals surface area contributed by atoms with Gasteiger partial charge in [0, 0.05) is 51.4 Å². The molecule has 0 aromatic carbocycles. The molecule has 0 atom stereocenters. The first kappa shape index (κ1) is 40.1. The van der Waals surface area contributed by atoms with Crippen LogP contribution in [0.4, 0.5) is 0 Å².